The van der Waals surface area contributed by atoms with E-state index in [0.29, 0.717) is 54.9 Å². The zero-order chi connectivity index (χ0) is 16.3. The van der Waals surface area contributed by atoms with Gasteiger partial charge in [-0.1, -0.05) is 0 Å². The topological polar surface area (TPSA) is 66.9 Å². The lowest BCUT2D eigenvalue weighted by Crippen LogP contribution is -2.50. The highest BCUT2D eigenvalue weighted by Crippen LogP contribution is 2.26. The van der Waals surface area contributed by atoms with Crippen LogP contribution in [0.5, 0.6) is 5.75 Å². The molecule has 1 aromatic rings. The highest BCUT2D eigenvalue weighted by molar-refractivity contribution is 5.98. The molecular formula is C16H20N2O4. The van der Waals surface area contributed by atoms with Gasteiger partial charge in [0.2, 0.25) is 5.91 Å². The van der Waals surface area contributed by atoms with E-state index in [2.05, 4.69) is 0 Å². The van der Waals surface area contributed by atoms with Gasteiger partial charge in [-0.15, -0.1) is 0 Å². The fourth-order valence-electron chi connectivity index (χ4n) is 2.70. The van der Waals surface area contributed by atoms with E-state index in [4.69, 9.17) is 4.74 Å². The van der Waals surface area contributed by atoms with E-state index in [0.717, 1.165) is 0 Å². The fourth-order valence-corrected chi connectivity index (χ4v) is 2.70. The van der Waals surface area contributed by atoms with Crippen molar-refractivity contribution in [3.8, 4) is 5.75 Å². The van der Waals surface area contributed by atoms with Crippen LogP contribution in [0.2, 0.25) is 0 Å². The van der Waals surface area contributed by atoms with Crippen molar-refractivity contribution in [3.63, 3.8) is 0 Å². The average Bonchev–Trinajstić information content (AvgIpc) is 2.53. The van der Waals surface area contributed by atoms with Crippen LogP contribution in [-0.2, 0) is 4.79 Å². The summed E-state index contributed by atoms with van der Waals surface area (Å²) < 4.78 is 5.24. The Hall–Kier alpha value is -2.37. The Labute approximate surface area is 129 Å². The number of rotatable bonds is 3. The van der Waals surface area contributed by atoms with Crippen LogP contribution in [0.4, 0.5) is 0 Å². The summed E-state index contributed by atoms with van der Waals surface area (Å²) in [5, 5.41) is 0. The SMILES string of the molecule is COc1c(C=O)ccc(C(=O)N2CCN(C(C)=O)CC2)c1C. The van der Waals surface area contributed by atoms with Gasteiger partial charge in [0, 0.05) is 44.2 Å². The van der Waals surface area contributed by atoms with Gasteiger partial charge >= 0.3 is 0 Å². The van der Waals surface area contributed by atoms with Crippen molar-refractivity contribution in [2.45, 2.75) is 13.8 Å². The minimum absolute atomic E-state index is 0.0280. The lowest BCUT2D eigenvalue weighted by Gasteiger charge is -2.34. The van der Waals surface area contributed by atoms with Gasteiger partial charge in [0.1, 0.15) is 5.75 Å². The number of nitrogens with zero attached hydrogens (tertiary/aromatic N) is 2. The first-order chi connectivity index (χ1) is 10.5. The second kappa shape index (κ2) is 6.60. The molecule has 0 saturated carbocycles. The molecule has 2 amide bonds. The Balaban J connectivity index is 2.20. The summed E-state index contributed by atoms with van der Waals surface area (Å²) >= 11 is 0. The predicted octanol–water partition coefficient (Wildman–Crippen LogP) is 1.12. The standard InChI is InChI=1S/C16H20N2O4/c1-11-14(5-4-13(10-19)15(11)22-3)16(21)18-8-6-17(7-9-18)12(2)20/h4-5,10H,6-9H2,1-3H3. The number of carbonyl (C=O) groups is 3. The Morgan fingerprint density at radius 1 is 1.14 bits per heavy atom. The number of methoxy groups -OCH3 is 1. The summed E-state index contributed by atoms with van der Waals surface area (Å²) in [6, 6.07) is 3.25. The fraction of sp³-hybridized carbons (Fsp3) is 0.438. The average molecular weight is 304 g/mol. The molecule has 0 aliphatic carbocycles. The summed E-state index contributed by atoms with van der Waals surface area (Å²) in [6.07, 6.45) is 0.714. The summed E-state index contributed by atoms with van der Waals surface area (Å²) in [7, 11) is 1.48. The van der Waals surface area contributed by atoms with Crippen molar-refractivity contribution < 1.29 is 19.1 Å². The third-order valence-electron chi connectivity index (χ3n) is 4.01. The number of hydrogen-bond acceptors (Lipinski definition) is 4. The van der Waals surface area contributed by atoms with E-state index >= 15 is 0 Å². The van der Waals surface area contributed by atoms with Crippen LogP contribution in [0.3, 0.4) is 0 Å². The van der Waals surface area contributed by atoms with Gasteiger partial charge in [-0.05, 0) is 19.1 Å². The molecule has 22 heavy (non-hydrogen) atoms. The van der Waals surface area contributed by atoms with Gasteiger partial charge in [0.05, 0.1) is 12.7 Å². The maximum atomic E-state index is 12.6. The Kier molecular flexibility index (Phi) is 4.80. The lowest BCUT2D eigenvalue weighted by molar-refractivity contribution is -0.130. The highest BCUT2D eigenvalue weighted by Gasteiger charge is 2.25. The van der Waals surface area contributed by atoms with Crippen molar-refractivity contribution in [1.29, 1.82) is 0 Å². The smallest absolute Gasteiger partial charge is 0.254 e. The number of ether oxygens (including phenoxy) is 1. The molecule has 2 rings (SSSR count). The second-order valence-electron chi connectivity index (χ2n) is 5.28. The van der Waals surface area contributed by atoms with E-state index in [1.807, 2.05) is 0 Å². The quantitative estimate of drug-likeness (QED) is 0.785. The van der Waals surface area contributed by atoms with Gasteiger partial charge in [-0.25, -0.2) is 0 Å². The first-order valence-electron chi connectivity index (χ1n) is 7.17. The van der Waals surface area contributed by atoms with E-state index in [9.17, 15) is 14.4 Å². The molecule has 6 heteroatoms. The van der Waals surface area contributed by atoms with Crippen LogP contribution in [0.1, 0.15) is 33.2 Å². The molecule has 1 aromatic carbocycles. The molecule has 0 bridgehead atoms. The first-order valence-corrected chi connectivity index (χ1v) is 7.17. The number of carbonyl (C=O) groups excluding carboxylic acids is 3. The van der Waals surface area contributed by atoms with Gasteiger partial charge in [0.15, 0.2) is 6.29 Å². The van der Waals surface area contributed by atoms with Gasteiger partial charge in [-0.2, -0.15) is 0 Å². The summed E-state index contributed by atoms with van der Waals surface area (Å²) in [5.74, 6) is 0.361. The van der Waals surface area contributed by atoms with Crippen LogP contribution < -0.4 is 4.74 Å². The molecule has 1 heterocycles. The molecule has 0 atom stereocenters. The largest absolute Gasteiger partial charge is 0.496 e. The van der Waals surface area contributed by atoms with E-state index in [-0.39, 0.29) is 11.8 Å². The first kappa shape index (κ1) is 16.0. The number of benzene rings is 1. The van der Waals surface area contributed by atoms with Crippen molar-refractivity contribution in [2.24, 2.45) is 0 Å². The molecule has 1 saturated heterocycles. The van der Waals surface area contributed by atoms with Crippen LogP contribution in [-0.4, -0.2) is 61.2 Å². The van der Waals surface area contributed by atoms with E-state index in [1.165, 1.54) is 14.0 Å². The number of amides is 2. The lowest BCUT2D eigenvalue weighted by atomic mass is 10.0. The van der Waals surface area contributed by atoms with Crippen LogP contribution in [0.15, 0.2) is 12.1 Å². The molecule has 0 unspecified atom stereocenters. The normalized spacial score (nSPS) is 14.7. The minimum Gasteiger partial charge on any atom is -0.496 e. The van der Waals surface area contributed by atoms with Gasteiger partial charge in [0.25, 0.3) is 5.91 Å². The third kappa shape index (κ3) is 2.95. The number of piperazine rings is 1. The van der Waals surface area contributed by atoms with Crippen molar-refractivity contribution in [3.05, 3.63) is 28.8 Å². The molecule has 0 N–H and O–H groups in total. The van der Waals surface area contributed by atoms with Crippen LogP contribution in [0.25, 0.3) is 0 Å². The van der Waals surface area contributed by atoms with E-state index < -0.39 is 0 Å². The highest BCUT2D eigenvalue weighted by atomic mass is 16.5. The second-order valence-corrected chi connectivity index (χ2v) is 5.28. The summed E-state index contributed by atoms with van der Waals surface area (Å²) in [4.78, 5) is 38.4. The van der Waals surface area contributed by atoms with Crippen LogP contribution in [0, 0.1) is 6.92 Å². The van der Waals surface area contributed by atoms with Gasteiger partial charge < -0.3 is 14.5 Å². The maximum Gasteiger partial charge on any atom is 0.254 e. The van der Waals surface area contributed by atoms with Crippen molar-refractivity contribution in [1.82, 2.24) is 9.80 Å². The van der Waals surface area contributed by atoms with Crippen LogP contribution >= 0.6 is 0 Å². The Morgan fingerprint density at radius 3 is 2.23 bits per heavy atom. The van der Waals surface area contributed by atoms with Crippen molar-refractivity contribution in [2.75, 3.05) is 33.3 Å². The molecule has 1 fully saturated rings. The van der Waals surface area contributed by atoms with Gasteiger partial charge in [-0.3, -0.25) is 14.4 Å². The molecular weight excluding hydrogens is 284 g/mol. The minimum atomic E-state index is -0.101. The Morgan fingerprint density at radius 2 is 1.73 bits per heavy atom. The molecule has 0 radical (unpaired) electrons. The number of aldehydes is 1. The summed E-state index contributed by atoms with van der Waals surface area (Å²) in [6.45, 7) is 5.41. The maximum absolute atomic E-state index is 12.6. The molecule has 0 spiro atoms. The zero-order valence-electron chi connectivity index (χ0n) is 13.1. The molecule has 0 aromatic heterocycles. The monoisotopic (exact) mass is 304 g/mol. The predicted molar refractivity (Wildman–Crippen MR) is 81.3 cm³/mol. The number of hydrogen-bond donors (Lipinski definition) is 0. The van der Waals surface area contributed by atoms with Crippen molar-refractivity contribution >= 4 is 18.1 Å². The molecule has 6 nitrogen and oxygen atoms in total. The third-order valence-corrected chi connectivity index (χ3v) is 4.01. The van der Waals surface area contributed by atoms with E-state index in [1.54, 1.807) is 28.9 Å². The molecule has 118 valence electrons. The molecule has 1 aliphatic heterocycles. The zero-order valence-corrected chi connectivity index (χ0v) is 13.1. The Bertz CT molecular complexity index is 604. The molecule has 1 aliphatic rings. The summed E-state index contributed by atoms with van der Waals surface area (Å²) in [5.41, 5.74) is 1.61.